The van der Waals surface area contributed by atoms with Crippen LogP contribution < -0.4 is 4.90 Å². The normalized spacial score (nSPS) is 24.8. The van der Waals surface area contributed by atoms with Crippen LogP contribution in [-0.4, -0.2) is 42.2 Å². The quantitative estimate of drug-likeness (QED) is 0.890. The van der Waals surface area contributed by atoms with E-state index in [1.807, 2.05) is 20.9 Å². The van der Waals surface area contributed by atoms with Crippen LogP contribution in [0.25, 0.3) is 0 Å². The molecule has 1 aromatic carbocycles. The summed E-state index contributed by atoms with van der Waals surface area (Å²) in [6, 6.07) is 2.87. The molecule has 106 valence electrons. The Morgan fingerprint density at radius 2 is 1.63 bits per heavy atom. The molecule has 1 fully saturated rings. The fourth-order valence-corrected chi connectivity index (χ4v) is 2.60. The first kappa shape index (κ1) is 14.2. The van der Waals surface area contributed by atoms with Crippen LogP contribution in [0, 0.1) is 11.6 Å². The second kappa shape index (κ2) is 5.43. The molecule has 19 heavy (non-hydrogen) atoms. The number of hydrogen-bond acceptors (Lipinski definition) is 3. The van der Waals surface area contributed by atoms with E-state index in [1.54, 1.807) is 4.90 Å². The number of aliphatic hydroxyl groups excluding tert-OH is 1. The van der Waals surface area contributed by atoms with Gasteiger partial charge in [-0.2, -0.15) is 0 Å². The van der Waals surface area contributed by atoms with E-state index in [2.05, 4.69) is 4.90 Å². The molecule has 5 heteroatoms. The Morgan fingerprint density at radius 1 is 1.16 bits per heavy atom. The van der Waals surface area contributed by atoms with Crippen LogP contribution in [0.4, 0.5) is 14.5 Å². The number of piperazine rings is 1. The molecular formula is C14H20F2N2O. The minimum Gasteiger partial charge on any atom is -0.392 e. The van der Waals surface area contributed by atoms with E-state index in [-0.39, 0.29) is 29.9 Å². The average molecular weight is 270 g/mol. The molecule has 2 unspecified atom stereocenters. The third-order valence-electron chi connectivity index (χ3n) is 3.94. The van der Waals surface area contributed by atoms with Crippen LogP contribution in [0.15, 0.2) is 12.1 Å². The molecule has 1 saturated heterocycles. The number of hydrogen-bond donors (Lipinski definition) is 1. The van der Waals surface area contributed by atoms with Gasteiger partial charge >= 0.3 is 0 Å². The summed E-state index contributed by atoms with van der Waals surface area (Å²) in [5.41, 5.74) is 0.276. The minimum atomic E-state index is -0.604. The van der Waals surface area contributed by atoms with Crippen LogP contribution in [-0.2, 0) is 6.61 Å². The number of rotatable bonds is 2. The monoisotopic (exact) mass is 270 g/mol. The van der Waals surface area contributed by atoms with E-state index in [0.717, 1.165) is 0 Å². The minimum absolute atomic E-state index is 0.0176. The third kappa shape index (κ3) is 2.72. The predicted octanol–water partition coefficient (Wildman–Crippen LogP) is 1.99. The zero-order valence-electron chi connectivity index (χ0n) is 11.5. The van der Waals surface area contributed by atoms with E-state index in [4.69, 9.17) is 5.11 Å². The van der Waals surface area contributed by atoms with Crippen molar-refractivity contribution in [3.8, 4) is 0 Å². The Labute approximate surface area is 112 Å². The summed E-state index contributed by atoms with van der Waals surface area (Å²) in [7, 11) is 2.02. The van der Waals surface area contributed by atoms with Crippen molar-refractivity contribution in [2.24, 2.45) is 0 Å². The van der Waals surface area contributed by atoms with Gasteiger partial charge in [0.15, 0.2) is 0 Å². The number of likely N-dealkylation sites (N-methyl/N-ethyl adjacent to an activating group) is 1. The Kier molecular flexibility index (Phi) is 4.06. The first-order chi connectivity index (χ1) is 8.93. The van der Waals surface area contributed by atoms with Crippen molar-refractivity contribution >= 4 is 5.69 Å². The number of benzene rings is 1. The second-order valence-corrected chi connectivity index (χ2v) is 5.33. The van der Waals surface area contributed by atoms with Gasteiger partial charge in [0.1, 0.15) is 17.3 Å². The zero-order valence-corrected chi connectivity index (χ0v) is 11.5. The summed E-state index contributed by atoms with van der Waals surface area (Å²) in [5.74, 6) is -1.21. The van der Waals surface area contributed by atoms with E-state index < -0.39 is 11.6 Å². The summed E-state index contributed by atoms with van der Waals surface area (Å²) in [6.07, 6.45) is 0. The maximum absolute atomic E-state index is 14.0. The summed E-state index contributed by atoms with van der Waals surface area (Å²) >= 11 is 0. The van der Waals surface area contributed by atoms with Crippen LogP contribution in [0.3, 0.4) is 0 Å². The highest BCUT2D eigenvalue weighted by Crippen LogP contribution is 2.28. The van der Waals surface area contributed by atoms with Crippen molar-refractivity contribution in [3.63, 3.8) is 0 Å². The first-order valence-electron chi connectivity index (χ1n) is 6.49. The van der Waals surface area contributed by atoms with Crippen molar-refractivity contribution in [1.82, 2.24) is 4.90 Å². The predicted molar refractivity (Wildman–Crippen MR) is 71.2 cm³/mol. The SMILES string of the molecule is CC1CN(c2c(F)cc(CO)cc2F)CC(C)N1C. The highest BCUT2D eigenvalue weighted by atomic mass is 19.1. The molecule has 0 spiro atoms. The van der Waals surface area contributed by atoms with Gasteiger partial charge in [-0.25, -0.2) is 8.78 Å². The van der Waals surface area contributed by atoms with Gasteiger partial charge < -0.3 is 10.0 Å². The summed E-state index contributed by atoms with van der Waals surface area (Å²) < 4.78 is 28.1. The van der Waals surface area contributed by atoms with Crippen LogP contribution in [0.5, 0.6) is 0 Å². The molecule has 1 aliphatic heterocycles. The molecule has 0 bridgehead atoms. The van der Waals surface area contributed by atoms with E-state index in [1.165, 1.54) is 12.1 Å². The number of anilines is 1. The van der Waals surface area contributed by atoms with Gasteiger partial charge in [-0.15, -0.1) is 0 Å². The lowest BCUT2D eigenvalue weighted by atomic mass is 10.1. The molecule has 0 aromatic heterocycles. The van der Waals surface area contributed by atoms with E-state index in [0.29, 0.717) is 13.1 Å². The Bertz CT molecular complexity index is 432. The molecule has 2 atom stereocenters. The highest BCUT2D eigenvalue weighted by molar-refractivity contribution is 5.51. The third-order valence-corrected chi connectivity index (χ3v) is 3.94. The molecule has 1 heterocycles. The Balaban J connectivity index is 2.32. The fraction of sp³-hybridized carbons (Fsp3) is 0.571. The van der Waals surface area contributed by atoms with E-state index >= 15 is 0 Å². The fourth-order valence-electron chi connectivity index (χ4n) is 2.60. The Morgan fingerprint density at radius 3 is 2.05 bits per heavy atom. The molecule has 0 radical (unpaired) electrons. The molecule has 1 aliphatic rings. The smallest absolute Gasteiger partial charge is 0.149 e. The van der Waals surface area contributed by atoms with Crippen molar-refractivity contribution in [2.75, 3.05) is 25.0 Å². The number of halogens is 2. The van der Waals surface area contributed by atoms with Gasteiger partial charge in [0.05, 0.1) is 6.61 Å². The lowest BCUT2D eigenvalue weighted by Gasteiger charge is -2.43. The summed E-state index contributed by atoms with van der Waals surface area (Å²) in [5, 5.41) is 8.95. The van der Waals surface area contributed by atoms with Crippen molar-refractivity contribution < 1.29 is 13.9 Å². The molecule has 0 saturated carbocycles. The molecule has 0 amide bonds. The van der Waals surface area contributed by atoms with Crippen LogP contribution in [0.2, 0.25) is 0 Å². The van der Waals surface area contributed by atoms with E-state index in [9.17, 15) is 8.78 Å². The number of aliphatic hydroxyl groups is 1. The zero-order chi connectivity index (χ0) is 14.2. The maximum Gasteiger partial charge on any atom is 0.149 e. The molecule has 1 aromatic rings. The van der Waals surface area contributed by atoms with Crippen LogP contribution >= 0.6 is 0 Å². The first-order valence-corrected chi connectivity index (χ1v) is 6.49. The molecule has 1 N–H and O–H groups in total. The Hall–Kier alpha value is -1.20. The van der Waals surface area contributed by atoms with Gasteiger partial charge in [-0.05, 0) is 38.6 Å². The average Bonchev–Trinajstić information content (AvgIpc) is 2.34. The van der Waals surface area contributed by atoms with Gasteiger partial charge in [0.2, 0.25) is 0 Å². The lowest BCUT2D eigenvalue weighted by molar-refractivity contribution is 0.169. The lowest BCUT2D eigenvalue weighted by Crippen LogP contribution is -2.55. The van der Waals surface area contributed by atoms with Gasteiger partial charge in [-0.3, -0.25) is 4.90 Å². The molecule has 0 aliphatic carbocycles. The largest absolute Gasteiger partial charge is 0.392 e. The maximum atomic E-state index is 14.0. The van der Waals surface area contributed by atoms with Crippen molar-refractivity contribution in [3.05, 3.63) is 29.3 Å². The molecular weight excluding hydrogens is 250 g/mol. The van der Waals surface area contributed by atoms with Crippen molar-refractivity contribution in [1.29, 1.82) is 0 Å². The second-order valence-electron chi connectivity index (χ2n) is 5.33. The van der Waals surface area contributed by atoms with Crippen molar-refractivity contribution in [2.45, 2.75) is 32.5 Å². The summed E-state index contributed by atoms with van der Waals surface area (Å²) in [6.45, 7) is 4.91. The molecule has 2 rings (SSSR count). The molecule has 3 nitrogen and oxygen atoms in total. The summed E-state index contributed by atoms with van der Waals surface area (Å²) in [4.78, 5) is 3.95. The number of nitrogens with zero attached hydrogens (tertiary/aromatic N) is 2. The standard InChI is InChI=1S/C14H20F2N2O/c1-9-6-18(7-10(2)17(9)3)14-12(15)4-11(8-19)5-13(14)16/h4-5,9-10,19H,6-8H2,1-3H3. The van der Waals surface area contributed by atoms with Gasteiger partial charge in [0.25, 0.3) is 0 Å². The van der Waals surface area contributed by atoms with Crippen LogP contribution in [0.1, 0.15) is 19.4 Å². The van der Waals surface area contributed by atoms with Gasteiger partial charge in [0, 0.05) is 25.2 Å². The topological polar surface area (TPSA) is 26.7 Å². The highest BCUT2D eigenvalue weighted by Gasteiger charge is 2.29. The van der Waals surface area contributed by atoms with Gasteiger partial charge in [-0.1, -0.05) is 0 Å².